The summed E-state index contributed by atoms with van der Waals surface area (Å²) in [6.45, 7) is 6.40. The second kappa shape index (κ2) is 10.5. The Morgan fingerprint density at radius 3 is 2.53 bits per heavy atom. The predicted octanol–water partition coefficient (Wildman–Crippen LogP) is 4.29. The molecule has 9 heteroatoms. The van der Waals surface area contributed by atoms with Crippen LogP contribution in [-0.2, 0) is 4.79 Å². The van der Waals surface area contributed by atoms with Crippen LogP contribution in [0.15, 0.2) is 36.7 Å². The summed E-state index contributed by atoms with van der Waals surface area (Å²) in [6.07, 6.45) is 5.36. The van der Waals surface area contributed by atoms with Gasteiger partial charge in [-0.15, -0.1) is 0 Å². The lowest BCUT2D eigenvalue weighted by Crippen LogP contribution is -2.47. The molecule has 1 fully saturated rings. The van der Waals surface area contributed by atoms with E-state index in [0.717, 1.165) is 55.3 Å². The topological polar surface area (TPSA) is 79.5 Å². The summed E-state index contributed by atoms with van der Waals surface area (Å²) in [7, 11) is 3.19. The van der Waals surface area contributed by atoms with E-state index in [1.807, 2.05) is 29.8 Å². The Hall–Kier alpha value is -2.97. The second-order valence-electron chi connectivity index (χ2n) is 8.52. The Labute approximate surface area is 204 Å². The number of nitrogens with zero attached hydrogens (tertiary/aromatic N) is 4. The molecule has 0 radical (unpaired) electrons. The maximum Gasteiger partial charge on any atom is 0.306 e. The highest BCUT2D eigenvalue weighted by Crippen LogP contribution is 2.38. The third-order valence-electron chi connectivity index (χ3n) is 6.57. The molecule has 34 heavy (non-hydrogen) atoms. The van der Waals surface area contributed by atoms with Crippen LogP contribution >= 0.6 is 11.6 Å². The number of benzene rings is 1. The van der Waals surface area contributed by atoms with Crippen molar-refractivity contribution < 1.29 is 19.4 Å². The van der Waals surface area contributed by atoms with Crippen molar-refractivity contribution in [2.75, 3.05) is 51.8 Å². The molecule has 1 N–H and O–H groups in total. The first-order chi connectivity index (χ1) is 16.4. The van der Waals surface area contributed by atoms with Crippen molar-refractivity contribution >= 4 is 28.9 Å². The maximum atomic E-state index is 11.3. The summed E-state index contributed by atoms with van der Waals surface area (Å²) in [6, 6.07) is 7.78. The second-order valence-corrected chi connectivity index (χ2v) is 8.93. The van der Waals surface area contributed by atoms with Gasteiger partial charge in [-0.3, -0.25) is 9.69 Å². The standard InChI is InChI=1S/C25H31ClN4O4/c1-4-17(25(31)32)5-7-28-9-11-29(12-10-28)18-6-8-30-16-21(27-24(30)13-18)19-14-20(26)23(34-3)15-22(19)33-2/h6,8,13-17H,4-5,7,9-12H2,1-3H3,(H,31,32). The molecule has 1 unspecified atom stereocenters. The number of ether oxygens (including phenoxy) is 2. The van der Waals surface area contributed by atoms with Crippen molar-refractivity contribution in [3.8, 4) is 22.8 Å². The number of rotatable bonds is 9. The van der Waals surface area contributed by atoms with E-state index in [-0.39, 0.29) is 5.92 Å². The van der Waals surface area contributed by atoms with Crippen LogP contribution in [0.5, 0.6) is 11.5 Å². The molecule has 0 spiro atoms. The first kappa shape index (κ1) is 24.2. The number of imidazole rings is 1. The third-order valence-corrected chi connectivity index (χ3v) is 6.86. The molecule has 1 aromatic carbocycles. The summed E-state index contributed by atoms with van der Waals surface area (Å²) in [5, 5.41) is 9.77. The van der Waals surface area contributed by atoms with Crippen molar-refractivity contribution in [2.45, 2.75) is 19.8 Å². The van der Waals surface area contributed by atoms with Crippen LogP contribution in [0.2, 0.25) is 5.02 Å². The van der Waals surface area contributed by atoms with Gasteiger partial charge in [0.1, 0.15) is 17.1 Å². The first-order valence-electron chi connectivity index (χ1n) is 11.5. The molecule has 0 bridgehead atoms. The fourth-order valence-electron chi connectivity index (χ4n) is 4.43. The van der Waals surface area contributed by atoms with Crippen LogP contribution in [0.1, 0.15) is 19.8 Å². The number of hydrogen-bond acceptors (Lipinski definition) is 6. The van der Waals surface area contributed by atoms with E-state index in [4.69, 9.17) is 26.1 Å². The van der Waals surface area contributed by atoms with Gasteiger partial charge in [-0.2, -0.15) is 0 Å². The smallest absolute Gasteiger partial charge is 0.306 e. The molecule has 1 aliphatic rings. The van der Waals surface area contributed by atoms with E-state index < -0.39 is 5.97 Å². The molecule has 4 rings (SSSR count). The number of fused-ring (bicyclic) bond motifs is 1. The first-order valence-corrected chi connectivity index (χ1v) is 11.9. The highest BCUT2D eigenvalue weighted by molar-refractivity contribution is 6.32. The molecule has 3 aromatic rings. The third kappa shape index (κ3) is 5.08. The van der Waals surface area contributed by atoms with E-state index >= 15 is 0 Å². The zero-order valence-corrected chi connectivity index (χ0v) is 20.6. The number of aliphatic carboxylic acids is 1. The number of methoxy groups -OCH3 is 2. The van der Waals surface area contributed by atoms with Crippen molar-refractivity contribution in [1.29, 1.82) is 0 Å². The van der Waals surface area contributed by atoms with E-state index in [0.29, 0.717) is 29.4 Å². The van der Waals surface area contributed by atoms with Gasteiger partial charge < -0.3 is 23.9 Å². The lowest BCUT2D eigenvalue weighted by molar-refractivity contribution is -0.142. The quantitative estimate of drug-likeness (QED) is 0.483. The number of aromatic nitrogens is 2. The fourth-order valence-corrected chi connectivity index (χ4v) is 4.67. The average molecular weight is 487 g/mol. The molecule has 3 heterocycles. The van der Waals surface area contributed by atoms with Gasteiger partial charge in [-0.1, -0.05) is 18.5 Å². The number of hydrogen-bond donors (Lipinski definition) is 1. The molecule has 1 saturated heterocycles. The van der Waals surface area contributed by atoms with Crippen molar-refractivity contribution in [2.24, 2.45) is 5.92 Å². The van der Waals surface area contributed by atoms with Gasteiger partial charge >= 0.3 is 5.97 Å². The van der Waals surface area contributed by atoms with Gasteiger partial charge in [0, 0.05) is 62.0 Å². The molecular weight excluding hydrogens is 456 g/mol. The highest BCUT2D eigenvalue weighted by atomic mass is 35.5. The Morgan fingerprint density at radius 2 is 1.88 bits per heavy atom. The lowest BCUT2D eigenvalue weighted by atomic mass is 10.0. The summed E-state index contributed by atoms with van der Waals surface area (Å²) in [5.74, 6) is 0.257. The average Bonchev–Trinajstić information content (AvgIpc) is 3.27. The van der Waals surface area contributed by atoms with Crippen LogP contribution in [0.3, 0.4) is 0 Å². The summed E-state index contributed by atoms with van der Waals surface area (Å²) in [5.41, 5.74) is 3.54. The van der Waals surface area contributed by atoms with E-state index in [9.17, 15) is 9.90 Å². The SMILES string of the molecule is CCC(CCN1CCN(c2ccn3cc(-c4cc(Cl)c(OC)cc4OC)nc3c2)CC1)C(=O)O. The van der Waals surface area contributed by atoms with Gasteiger partial charge in [0.05, 0.1) is 30.9 Å². The van der Waals surface area contributed by atoms with Crippen molar-refractivity contribution in [3.63, 3.8) is 0 Å². The number of anilines is 1. The van der Waals surface area contributed by atoms with Crippen LogP contribution in [0, 0.1) is 5.92 Å². The fraction of sp³-hybridized carbons (Fsp3) is 0.440. The van der Waals surface area contributed by atoms with Crippen LogP contribution < -0.4 is 14.4 Å². The van der Waals surface area contributed by atoms with Gasteiger partial charge in [0.25, 0.3) is 0 Å². The molecule has 8 nitrogen and oxygen atoms in total. The molecule has 0 saturated carbocycles. The summed E-state index contributed by atoms with van der Waals surface area (Å²) < 4.78 is 12.8. The minimum Gasteiger partial charge on any atom is -0.496 e. The zero-order chi connectivity index (χ0) is 24.2. The molecule has 1 atom stereocenters. The van der Waals surface area contributed by atoms with Gasteiger partial charge in [-0.25, -0.2) is 4.98 Å². The Kier molecular flexibility index (Phi) is 7.48. The van der Waals surface area contributed by atoms with E-state index in [2.05, 4.69) is 21.9 Å². The number of pyridine rings is 1. The monoisotopic (exact) mass is 486 g/mol. The Balaban J connectivity index is 1.47. The van der Waals surface area contributed by atoms with Gasteiger partial charge in [-0.05, 0) is 31.5 Å². The summed E-state index contributed by atoms with van der Waals surface area (Å²) in [4.78, 5) is 20.8. The summed E-state index contributed by atoms with van der Waals surface area (Å²) >= 11 is 6.35. The minimum absolute atomic E-state index is 0.255. The Bertz CT molecular complexity index is 1160. The van der Waals surface area contributed by atoms with Gasteiger partial charge in [0.15, 0.2) is 0 Å². The number of piperazine rings is 1. The minimum atomic E-state index is -0.692. The molecule has 2 aromatic heterocycles. The van der Waals surface area contributed by atoms with Crippen molar-refractivity contribution in [1.82, 2.24) is 14.3 Å². The number of carboxylic acids is 1. The largest absolute Gasteiger partial charge is 0.496 e. The van der Waals surface area contributed by atoms with Crippen LogP contribution in [0.25, 0.3) is 16.9 Å². The zero-order valence-electron chi connectivity index (χ0n) is 19.8. The van der Waals surface area contributed by atoms with E-state index in [1.165, 1.54) is 0 Å². The van der Waals surface area contributed by atoms with Crippen LogP contribution in [-0.4, -0.2) is 72.3 Å². The number of carboxylic acid groups (broad SMARTS) is 1. The van der Waals surface area contributed by atoms with Gasteiger partial charge in [0.2, 0.25) is 0 Å². The highest BCUT2D eigenvalue weighted by Gasteiger charge is 2.21. The Morgan fingerprint density at radius 1 is 1.15 bits per heavy atom. The molecule has 1 aliphatic heterocycles. The molecular formula is C25H31ClN4O4. The van der Waals surface area contributed by atoms with E-state index in [1.54, 1.807) is 20.3 Å². The normalized spacial score (nSPS) is 15.5. The number of carbonyl (C=O) groups is 1. The maximum absolute atomic E-state index is 11.3. The van der Waals surface area contributed by atoms with Crippen molar-refractivity contribution in [3.05, 3.63) is 41.7 Å². The number of halogens is 1. The molecule has 182 valence electrons. The molecule has 0 amide bonds. The predicted molar refractivity (Wildman–Crippen MR) is 133 cm³/mol. The van der Waals surface area contributed by atoms with Crippen LogP contribution in [0.4, 0.5) is 5.69 Å². The molecule has 0 aliphatic carbocycles. The lowest BCUT2D eigenvalue weighted by Gasteiger charge is -2.36.